The van der Waals surface area contributed by atoms with E-state index in [1.165, 1.54) is 17.9 Å². The van der Waals surface area contributed by atoms with Crippen molar-refractivity contribution in [3.05, 3.63) is 0 Å². The first-order valence-corrected chi connectivity index (χ1v) is 5.13. The van der Waals surface area contributed by atoms with Gasteiger partial charge in [0.2, 0.25) is 0 Å². The molecule has 3 heteroatoms. The van der Waals surface area contributed by atoms with Gasteiger partial charge in [-0.15, -0.1) is 23.5 Å². The van der Waals surface area contributed by atoms with E-state index in [2.05, 4.69) is 6.07 Å². The lowest BCUT2D eigenvalue weighted by atomic mass is 10.5. The van der Waals surface area contributed by atoms with E-state index in [1.54, 1.807) is 0 Å². The molecule has 1 heterocycles. The average molecular weight is 159 g/mol. The SMILES string of the molecule is N#CCC1SCCCS1. The lowest BCUT2D eigenvalue weighted by molar-refractivity contribution is 1.07. The highest BCUT2D eigenvalue weighted by molar-refractivity contribution is 8.17. The Balaban J connectivity index is 2.17. The van der Waals surface area contributed by atoms with Crippen molar-refractivity contribution in [2.24, 2.45) is 0 Å². The van der Waals surface area contributed by atoms with Gasteiger partial charge in [-0.3, -0.25) is 0 Å². The third-order valence-electron chi connectivity index (χ3n) is 1.15. The van der Waals surface area contributed by atoms with Gasteiger partial charge in [-0.2, -0.15) is 5.26 Å². The summed E-state index contributed by atoms with van der Waals surface area (Å²) in [6.07, 6.45) is 2.03. The number of hydrogen-bond donors (Lipinski definition) is 0. The molecule has 1 aliphatic rings. The van der Waals surface area contributed by atoms with E-state index in [4.69, 9.17) is 5.26 Å². The van der Waals surface area contributed by atoms with Crippen LogP contribution in [-0.2, 0) is 0 Å². The first kappa shape index (κ1) is 7.30. The monoisotopic (exact) mass is 159 g/mol. The van der Waals surface area contributed by atoms with Gasteiger partial charge in [0.1, 0.15) is 0 Å². The van der Waals surface area contributed by atoms with Crippen LogP contribution in [0.4, 0.5) is 0 Å². The fraction of sp³-hybridized carbons (Fsp3) is 0.833. The van der Waals surface area contributed by atoms with Gasteiger partial charge in [0.05, 0.1) is 17.1 Å². The maximum Gasteiger partial charge on any atom is 0.0642 e. The van der Waals surface area contributed by atoms with Crippen LogP contribution in [0.25, 0.3) is 0 Å². The van der Waals surface area contributed by atoms with Gasteiger partial charge in [0, 0.05) is 0 Å². The molecule has 0 spiro atoms. The topological polar surface area (TPSA) is 23.8 Å². The highest BCUT2D eigenvalue weighted by atomic mass is 32.2. The maximum atomic E-state index is 8.34. The van der Waals surface area contributed by atoms with Gasteiger partial charge in [-0.25, -0.2) is 0 Å². The van der Waals surface area contributed by atoms with Crippen LogP contribution >= 0.6 is 23.5 Å². The molecular formula is C6H9NS2. The van der Waals surface area contributed by atoms with Crippen molar-refractivity contribution in [1.29, 1.82) is 5.26 Å². The van der Waals surface area contributed by atoms with E-state index >= 15 is 0 Å². The van der Waals surface area contributed by atoms with Crippen molar-refractivity contribution in [3.8, 4) is 6.07 Å². The molecule has 1 saturated heterocycles. The molecule has 0 aliphatic carbocycles. The van der Waals surface area contributed by atoms with Crippen molar-refractivity contribution in [2.45, 2.75) is 17.4 Å². The summed E-state index contributed by atoms with van der Waals surface area (Å²) in [6.45, 7) is 0. The Morgan fingerprint density at radius 3 is 2.67 bits per heavy atom. The predicted molar refractivity (Wildman–Crippen MR) is 43.6 cm³/mol. The molecule has 1 fully saturated rings. The minimum Gasteiger partial charge on any atom is -0.198 e. The normalized spacial score (nSPS) is 21.2. The molecule has 0 amide bonds. The van der Waals surface area contributed by atoms with E-state index in [0.29, 0.717) is 4.58 Å². The van der Waals surface area contributed by atoms with Gasteiger partial charge >= 0.3 is 0 Å². The van der Waals surface area contributed by atoms with Crippen LogP contribution in [0.1, 0.15) is 12.8 Å². The van der Waals surface area contributed by atoms with E-state index in [0.717, 1.165) is 6.42 Å². The van der Waals surface area contributed by atoms with Crippen LogP contribution in [0.3, 0.4) is 0 Å². The fourth-order valence-electron chi connectivity index (χ4n) is 0.729. The number of rotatable bonds is 1. The Morgan fingerprint density at radius 2 is 2.11 bits per heavy atom. The Labute approximate surface area is 64.2 Å². The van der Waals surface area contributed by atoms with Crippen molar-refractivity contribution < 1.29 is 0 Å². The molecule has 0 aromatic heterocycles. The highest BCUT2D eigenvalue weighted by Crippen LogP contribution is 2.32. The quantitative estimate of drug-likeness (QED) is 0.585. The second kappa shape index (κ2) is 4.08. The Kier molecular flexibility index (Phi) is 3.31. The van der Waals surface area contributed by atoms with E-state index in [-0.39, 0.29) is 0 Å². The lowest BCUT2D eigenvalue weighted by Crippen LogP contribution is -2.04. The first-order valence-electron chi connectivity index (χ1n) is 3.03. The molecule has 0 atom stereocenters. The Morgan fingerprint density at radius 1 is 1.44 bits per heavy atom. The third kappa shape index (κ3) is 2.51. The molecule has 0 saturated carbocycles. The Bertz CT molecular complexity index is 113. The number of hydrogen-bond acceptors (Lipinski definition) is 3. The van der Waals surface area contributed by atoms with Gasteiger partial charge in [-0.05, 0) is 17.9 Å². The molecule has 0 unspecified atom stereocenters. The summed E-state index contributed by atoms with van der Waals surface area (Å²) in [6, 6.07) is 2.20. The first-order chi connectivity index (χ1) is 4.43. The minimum absolute atomic E-state index is 0.573. The highest BCUT2D eigenvalue weighted by Gasteiger charge is 2.12. The molecule has 1 aliphatic heterocycles. The second-order valence-electron chi connectivity index (χ2n) is 1.89. The molecule has 1 nitrogen and oxygen atoms in total. The zero-order valence-corrected chi connectivity index (χ0v) is 6.80. The smallest absolute Gasteiger partial charge is 0.0642 e. The molecule has 50 valence electrons. The lowest BCUT2D eigenvalue weighted by Gasteiger charge is -2.17. The molecule has 0 radical (unpaired) electrons. The molecule has 0 N–H and O–H groups in total. The van der Waals surface area contributed by atoms with Crippen LogP contribution in [-0.4, -0.2) is 16.1 Å². The number of nitrogens with zero attached hydrogens (tertiary/aromatic N) is 1. The molecule has 9 heavy (non-hydrogen) atoms. The van der Waals surface area contributed by atoms with Crippen molar-refractivity contribution >= 4 is 23.5 Å². The number of nitriles is 1. The molecular weight excluding hydrogens is 150 g/mol. The molecule has 0 aromatic carbocycles. The van der Waals surface area contributed by atoms with Crippen molar-refractivity contribution in [2.75, 3.05) is 11.5 Å². The summed E-state index contributed by atoms with van der Waals surface area (Å²) < 4.78 is 0.573. The maximum absolute atomic E-state index is 8.34. The predicted octanol–water partition coefficient (Wildman–Crippen LogP) is 2.10. The van der Waals surface area contributed by atoms with Crippen LogP contribution in [0.5, 0.6) is 0 Å². The average Bonchev–Trinajstić information content (AvgIpc) is 1.91. The third-order valence-corrected chi connectivity index (χ3v) is 4.10. The van der Waals surface area contributed by atoms with E-state index < -0.39 is 0 Å². The summed E-state index contributed by atoms with van der Waals surface area (Å²) in [7, 11) is 0. The molecule has 0 bridgehead atoms. The van der Waals surface area contributed by atoms with Gasteiger partial charge < -0.3 is 0 Å². The zero-order chi connectivity index (χ0) is 6.53. The summed E-state index contributed by atoms with van der Waals surface area (Å²) in [5.74, 6) is 2.50. The molecule has 0 aromatic rings. The zero-order valence-electron chi connectivity index (χ0n) is 5.17. The molecule has 1 rings (SSSR count). The number of thioether (sulfide) groups is 2. The summed E-state index contributed by atoms with van der Waals surface area (Å²) >= 11 is 3.86. The van der Waals surface area contributed by atoms with Gasteiger partial charge in [0.25, 0.3) is 0 Å². The van der Waals surface area contributed by atoms with E-state index in [1.807, 2.05) is 23.5 Å². The summed E-state index contributed by atoms with van der Waals surface area (Å²) in [4.78, 5) is 0. The van der Waals surface area contributed by atoms with Crippen molar-refractivity contribution in [3.63, 3.8) is 0 Å². The standard InChI is InChI=1S/C6H9NS2/c7-3-2-6-8-4-1-5-9-6/h6H,1-2,4-5H2. The van der Waals surface area contributed by atoms with Crippen LogP contribution < -0.4 is 0 Å². The van der Waals surface area contributed by atoms with Crippen LogP contribution in [0.15, 0.2) is 0 Å². The van der Waals surface area contributed by atoms with Gasteiger partial charge in [-0.1, -0.05) is 0 Å². The minimum atomic E-state index is 0.573. The largest absolute Gasteiger partial charge is 0.198 e. The van der Waals surface area contributed by atoms with E-state index in [9.17, 15) is 0 Å². The summed E-state index contributed by atoms with van der Waals surface area (Å²) in [5.41, 5.74) is 0. The van der Waals surface area contributed by atoms with Gasteiger partial charge in [0.15, 0.2) is 0 Å². The van der Waals surface area contributed by atoms with Crippen LogP contribution in [0, 0.1) is 11.3 Å². The van der Waals surface area contributed by atoms with Crippen molar-refractivity contribution in [1.82, 2.24) is 0 Å². The summed E-state index contributed by atoms with van der Waals surface area (Å²) in [5, 5.41) is 8.34. The van der Waals surface area contributed by atoms with Crippen LogP contribution in [0.2, 0.25) is 0 Å². The fourth-order valence-corrected chi connectivity index (χ4v) is 3.41. The second-order valence-corrected chi connectivity index (χ2v) is 4.81. The Hall–Kier alpha value is 0.190.